The Bertz CT molecular complexity index is 847. The number of hydrogen-bond acceptors (Lipinski definition) is 4. The molecule has 2 N–H and O–H groups in total. The first kappa shape index (κ1) is 19.4. The average molecular weight is 370 g/mol. The van der Waals surface area contributed by atoms with Gasteiger partial charge in [-0.25, -0.2) is 0 Å². The van der Waals surface area contributed by atoms with Gasteiger partial charge in [-0.3, -0.25) is 9.59 Å². The van der Waals surface area contributed by atoms with E-state index in [0.717, 1.165) is 11.6 Å². The molecule has 0 bridgehead atoms. The standard InChI is InChI=1S/C17H17F3N2O4/c1-25-12-5-3-10(9-13(12)26-2)7-8-21-15(23)11-4-6-14(17(18,19)20)22-16(11)24/h3-6,9H,7-8H2,1-2H3,(H,21,23)(H,22,24). The van der Waals surface area contributed by atoms with Crippen LogP contribution in [0.25, 0.3) is 0 Å². The maximum Gasteiger partial charge on any atom is 0.431 e. The third kappa shape index (κ3) is 4.56. The van der Waals surface area contributed by atoms with Gasteiger partial charge >= 0.3 is 6.18 Å². The third-order valence-electron chi connectivity index (χ3n) is 3.61. The van der Waals surface area contributed by atoms with E-state index < -0.39 is 23.3 Å². The van der Waals surface area contributed by atoms with Crippen LogP contribution >= 0.6 is 0 Å². The fourth-order valence-electron chi connectivity index (χ4n) is 2.27. The van der Waals surface area contributed by atoms with E-state index in [-0.39, 0.29) is 12.1 Å². The Morgan fingerprint density at radius 1 is 1.12 bits per heavy atom. The highest BCUT2D eigenvalue weighted by Gasteiger charge is 2.32. The van der Waals surface area contributed by atoms with Crippen molar-refractivity contribution in [1.82, 2.24) is 10.3 Å². The van der Waals surface area contributed by atoms with Crippen LogP contribution in [0.5, 0.6) is 11.5 Å². The number of carbonyl (C=O) groups excluding carboxylic acids is 1. The maximum absolute atomic E-state index is 12.5. The number of carbonyl (C=O) groups is 1. The fourth-order valence-corrected chi connectivity index (χ4v) is 2.27. The van der Waals surface area contributed by atoms with Crippen molar-refractivity contribution in [2.45, 2.75) is 12.6 Å². The first-order chi connectivity index (χ1) is 12.3. The summed E-state index contributed by atoms with van der Waals surface area (Å²) in [5.74, 6) is 0.354. The number of aromatic nitrogens is 1. The molecule has 0 fully saturated rings. The summed E-state index contributed by atoms with van der Waals surface area (Å²) in [4.78, 5) is 25.3. The van der Waals surface area contributed by atoms with Gasteiger partial charge < -0.3 is 19.8 Å². The molecule has 0 saturated heterocycles. The second kappa shape index (κ2) is 7.94. The minimum absolute atomic E-state index is 0.189. The largest absolute Gasteiger partial charge is 0.493 e. The number of benzene rings is 1. The molecular weight excluding hydrogens is 353 g/mol. The quantitative estimate of drug-likeness (QED) is 0.818. The number of methoxy groups -OCH3 is 2. The van der Waals surface area contributed by atoms with Crippen molar-refractivity contribution < 1.29 is 27.4 Å². The summed E-state index contributed by atoms with van der Waals surface area (Å²) in [6, 6.07) is 6.77. The smallest absolute Gasteiger partial charge is 0.431 e. The lowest BCUT2D eigenvalue weighted by Crippen LogP contribution is -2.32. The van der Waals surface area contributed by atoms with Crippen molar-refractivity contribution in [1.29, 1.82) is 0 Å². The molecule has 0 aliphatic carbocycles. The Morgan fingerprint density at radius 2 is 1.81 bits per heavy atom. The summed E-state index contributed by atoms with van der Waals surface area (Å²) in [5.41, 5.74) is -1.83. The predicted molar refractivity (Wildman–Crippen MR) is 87.6 cm³/mol. The zero-order valence-electron chi connectivity index (χ0n) is 14.1. The molecular formula is C17H17F3N2O4. The topological polar surface area (TPSA) is 80.4 Å². The molecule has 1 aromatic heterocycles. The molecule has 6 nitrogen and oxygen atoms in total. The van der Waals surface area contributed by atoms with Gasteiger partial charge in [0.05, 0.1) is 14.2 Å². The number of rotatable bonds is 6. The number of aromatic amines is 1. The number of pyridine rings is 1. The zero-order chi connectivity index (χ0) is 19.3. The molecule has 0 aliphatic rings. The van der Waals surface area contributed by atoms with E-state index in [9.17, 15) is 22.8 Å². The Morgan fingerprint density at radius 3 is 2.38 bits per heavy atom. The summed E-state index contributed by atoms with van der Waals surface area (Å²) in [7, 11) is 3.01. The van der Waals surface area contributed by atoms with Gasteiger partial charge in [0.15, 0.2) is 11.5 Å². The van der Waals surface area contributed by atoms with Crippen LogP contribution in [0, 0.1) is 0 Å². The molecule has 0 unspecified atom stereocenters. The van der Waals surface area contributed by atoms with Crippen molar-refractivity contribution in [2.75, 3.05) is 20.8 Å². The van der Waals surface area contributed by atoms with Crippen LogP contribution in [0.15, 0.2) is 35.1 Å². The monoisotopic (exact) mass is 370 g/mol. The van der Waals surface area contributed by atoms with Gasteiger partial charge in [-0.1, -0.05) is 6.07 Å². The second-order valence-electron chi connectivity index (χ2n) is 5.31. The molecule has 1 amide bonds. The van der Waals surface area contributed by atoms with E-state index in [2.05, 4.69) is 5.32 Å². The van der Waals surface area contributed by atoms with Crippen molar-refractivity contribution >= 4 is 5.91 Å². The first-order valence-electron chi connectivity index (χ1n) is 7.56. The van der Waals surface area contributed by atoms with Crippen LogP contribution in [0.2, 0.25) is 0 Å². The van der Waals surface area contributed by atoms with Crippen LogP contribution in [0.3, 0.4) is 0 Å². The average Bonchev–Trinajstić information content (AvgIpc) is 2.60. The molecule has 2 rings (SSSR count). The normalized spacial score (nSPS) is 11.1. The number of halogens is 3. The summed E-state index contributed by atoms with van der Waals surface area (Å²) in [6.45, 7) is 0.189. The third-order valence-corrected chi connectivity index (χ3v) is 3.61. The van der Waals surface area contributed by atoms with E-state index in [4.69, 9.17) is 9.47 Å². The lowest BCUT2D eigenvalue weighted by Gasteiger charge is -2.10. The zero-order valence-corrected chi connectivity index (χ0v) is 14.1. The highest BCUT2D eigenvalue weighted by molar-refractivity contribution is 5.93. The van der Waals surface area contributed by atoms with Gasteiger partial charge in [0.2, 0.25) is 0 Å². The SMILES string of the molecule is COc1ccc(CCNC(=O)c2ccc(C(F)(F)F)[nH]c2=O)cc1OC. The molecule has 26 heavy (non-hydrogen) atoms. The van der Waals surface area contributed by atoms with Gasteiger partial charge in [-0.2, -0.15) is 13.2 Å². The summed E-state index contributed by atoms with van der Waals surface area (Å²) in [5, 5.41) is 2.50. The number of nitrogens with one attached hydrogen (secondary N) is 2. The maximum atomic E-state index is 12.5. The molecule has 0 spiro atoms. The summed E-state index contributed by atoms with van der Waals surface area (Å²) >= 11 is 0. The van der Waals surface area contributed by atoms with E-state index in [1.807, 2.05) is 0 Å². The number of ether oxygens (including phenoxy) is 2. The number of alkyl halides is 3. The van der Waals surface area contributed by atoms with Crippen molar-refractivity contribution in [3.8, 4) is 11.5 Å². The van der Waals surface area contributed by atoms with E-state index >= 15 is 0 Å². The van der Waals surface area contributed by atoms with E-state index in [1.165, 1.54) is 14.2 Å². The second-order valence-corrected chi connectivity index (χ2v) is 5.31. The number of hydrogen-bond donors (Lipinski definition) is 2. The molecule has 140 valence electrons. The summed E-state index contributed by atoms with van der Waals surface area (Å²) < 4.78 is 47.9. The minimum Gasteiger partial charge on any atom is -0.493 e. The Kier molecular flexibility index (Phi) is 5.91. The molecule has 0 saturated carbocycles. The molecule has 2 aromatic rings. The van der Waals surface area contributed by atoms with E-state index in [1.54, 1.807) is 23.2 Å². The van der Waals surface area contributed by atoms with Crippen molar-refractivity contribution in [3.63, 3.8) is 0 Å². The van der Waals surface area contributed by atoms with Crippen molar-refractivity contribution in [3.05, 3.63) is 57.5 Å². The van der Waals surface area contributed by atoms with Gasteiger partial charge in [0, 0.05) is 6.54 Å². The van der Waals surface area contributed by atoms with Crippen molar-refractivity contribution in [2.24, 2.45) is 0 Å². The Balaban J connectivity index is 2.00. The Hall–Kier alpha value is -2.97. The van der Waals surface area contributed by atoms with Crippen LogP contribution in [-0.2, 0) is 12.6 Å². The number of amides is 1. The molecule has 0 aliphatic heterocycles. The first-order valence-corrected chi connectivity index (χ1v) is 7.56. The highest BCUT2D eigenvalue weighted by Crippen LogP contribution is 2.28. The van der Waals surface area contributed by atoms with Crippen LogP contribution in [0.1, 0.15) is 21.6 Å². The Labute approximate surface area is 146 Å². The summed E-state index contributed by atoms with van der Waals surface area (Å²) in [6.07, 6.45) is -4.24. The van der Waals surface area contributed by atoms with Gasteiger partial charge in [-0.15, -0.1) is 0 Å². The molecule has 0 atom stereocenters. The van der Waals surface area contributed by atoms with E-state index in [0.29, 0.717) is 24.0 Å². The van der Waals surface area contributed by atoms with Gasteiger partial charge in [0.25, 0.3) is 11.5 Å². The van der Waals surface area contributed by atoms with Crippen LogP contribution in [-0.4, -0.2) is 31.7 Å². The number of H-pyrrole nitrogens is 1. The highest BCUT2D eigenvalue weighted by atomic mass is 19.4. The van der Waals surface area contributed by atoms with Gasteiger partial charge in [0.1, 0.15) is 11.3 Å². The molecule has 9 heteroatoms. The molecule has 0 radical (unpaired) electrons. The predicted octanol–water partition coefficient (Wildman–Crippen LogP) is 2.38. The fraction of sp³-hybridized carbons (Fsp3) is 0.294. The van der Waals surface area contributed by atoms with Crippen LogP contribution < -0.4 is 20.3 Å². The van der Waals surface area contributed by atoms with Gasteiger partial charge in [-0.05, 0) is 36.2 Å². The lowest BCUT2D eigenvalue weighted by molar-refractivity contribution is -0.141. The lowest BCUT2D eigenvalue weighted by atomic mass is 10.1. The molecule has 1 heterocycles. The molecule has 1 aromatic carbocycles. The van der Waals surface area contributed by atoms with Crippen LogP contribution in [0.4, 0.5) is 13.2 Å². The minimum atomic E-state index is -4.68.